The Hall–Kier alpha value is -1.78. The molecule has 5 heteroatoms. The molecule has 1 saturated heterocycles. The van der Waals surface area contributed by atoms with Gasteiger partial charge in [-0.1, -0.05) is 6.92 Å². The molecular formula is C17H26N2O3. The van der Waals surface area contributed by atoms with Crippen molar-refractivity contribution >= 4 is 11.9 Å². The van der Waals surface area contributed by atoms with Crippen LogP contribution in [-0.2, 0) is 4.74 Å². The van der Waals surface area contributed by atoms with Crippen LogP contribution in [0.15, 0.2) is 0 Å². The summed E-state index contributed by atoms with van der Waals surface area (Å²) in [7, 11) is 0. The number of aromatic amines is 1. The van der Waals surface area contributed by atoms with Crippen LogP contribution in [0, 0.1) is 19.8 Å². The van der Waals surface area contributed by atoms with Crippen molar-refractivity contribution in [2.75, 3.05) is 13.1 Å². The Bertz CT molecular complexity index is 575. The summed E-state index contributed by atoms with van der Waals surface area (Å²) in [6.07, 6.45) is 2.02. The lowest BCUT2D eigenvalue weighted by molar-refractivity contribution is 0.0376. The normalized spacial score (nSPS) is 18.6. The summed E-state index contributed by atoms with van der Waals surface area (Å²) in [4.78, 5) is 29.9. The summed E-state index contributed by atoms with van der Waals surface area (Å²) in [6.45, 7) is 11.0. The maximum absolute atomic E-state index is 12.7. The van der Waals surface area contributed by atoms with Crippen LogP contribution in [0.5, 0.6) is 0 Å². The Labute approximate surface area is 132 Å². The largest absolute Gasteiger partial charge is 0.459 e. The number of ether oxygens (including phenoxy) is 1. The number of carbonyl (C=O) groups excluding carboxylic acids is 2. The standard InChI is InChI=1S/C17H26N2O3/c1-10(2)22-17(21)14-12(4)15(18-13(14)5)16(20)19-8-6-7-11(3)9-19/h10-11,18H,6-9H2,1-5H3/t11-/m1/s1. The molecule has 1 amide bonds. The lowest BCUT2D eigenvalue weighted by atomic mass is 9.99. The molecule has 1 fully saturated rings. The quantitative estimate of drug-likeness (QED) is 0.873. The number of piperidine rings is 1. The van der Waals surface area contributed by atoms with E-state index in [2.05, 4.69) is 11.9 Å². The number of nitrogens with one attached hydrogen (secondary N) is 1. The molecule has 1 atom stereocenters. The van der Waals surface area contributed by atoms with Crippen LogP contribution < -0.4 is 0 Å². The van der Waals surface area contributed by atoms with Crippen molar-refractivity contribution in [3.63, 3.8) is 0 Å². The van der Waals surface area contributed by atoms with Gasteiger partial charge in [0.25, 0.3) is 5.91 Å². The molecule has 1 aliphatic rings. The van der Waals surface area contributed by atoms with Gasteiger partial charge in [-0.15, -0.1) is 0 Å². The summed E-state index contributed by atoms with van der Waals surface area (Å²) in [5.74, 6) is 0.141. The molecule has 0 radical (unpaired) electrons. The Balaban J connectivity index is 2.25. The van der Waals surface area contributed by atoms with E-state index in [4.69, 9.17) is 4.74 Å². The molecular weight excluding hydrogens is 280 g/mol. The van der Waals surface area contributed by atoms with E-state index in [9.17, 15) is 9.59 Å². The predicted octanol–water partition coefficient (Wildman–Crippen LogP) is 3.07. The minimum absolute atomic E-state index is 0.0178. The molecule has 1 aromatic heterocycles. The number of amides is 1. The van der Waals surface area contributed by atoms with Crippen LogP contribution in [0.2, 0.25) is 0 Å². The summed E-state index contributed by atoms with van der Waals surface area (Å²) in [5.41, 5.74) is 2.38. The number of aryl methyl sites for hydroxylation is 1. The van der Waals surface area contributed by atoms with Crippen molar-refractivity contribution in [3.05, 3.63) is 22.5 Å². The zero-order chi connectivity index (χ0) is 16.4. The van der Waals surface area contributed by atoms with Crippen molar-refractivity contribution in [2.24, 2.45) is 5.92 Å². The van der Waals surface area contributed by atoms with Gasteiger partial charge in [0.2, 0.25) is 0 Å². The maximum atomic E-state index is 12.7. The monoisotopic (exact) mass is 306 g/mol. The number of likely N-dealkylation sites (tertiary alicyclic amines) is 1. The average molecular weight is 306 g/mol. The SMILES string of the molecule is Cc1[nH]c(C(=O)N2CCC[C@@H](C)C2)c(C)c1C(=O)OC(C)C. The second-order valence-electron chi connectivity index (χ2n) is 6.58. The minimum atomic E-state index is -0.368. The molecule has 0 saturated carbocycles. The van der Waals surface area contributed by atoms with E-state index in [1.54, 1.807) is 13.8 Å². The second-order valence-corrected chi connectivity index (χ2v) is 6.58. The lowest BCUT2D eigenvalue weighted by Gasteiger charge is -2.30. The molecule has 0 spiro atoms. The predicted molar refractivity (Wildman–Crippen MR) is 85.1 cm³/mol. The average Bonchev–Trinajstić information content (AvgIpc) is 2.72. The Morgan fingerprint density at radius 2 is 2.00 bits per heavy atom. The van der Waals surface area contributed by atoms with Gasteiger partial charge in [-0.25, -0.2) is 4.79 Å². The van der Waals surface area contributed by atoms with E-state index >= 15 is 0 Å². The third kappa shape index (κ3) is 3.34. The highest BCUT2D eigenvalue weighted by Gasteiger charge is 2.28. The number of hydrogen-bond donors (Lipinski definition) is 1. The molecule has 0 unspecified atom stereocenters. The van der Waals surface area contributed by atoms with Gasteiger partial charge in [0.1, 0.15) is 5.69 Å². The van der Waals surface area contributed by atoms with E-state index in [0.29, 0.717) is 28.4 Å². The van der Waals surface area contributed by atoms with Crippen LogP contribution in [0.1, 0.15) is 65.7 Å². The first-order valence-electron chi connectivity index (χ1n) is 8.00. The number of carbonyl (C=O) groups is 2. The zero-order valence-corrected chi connectivity index (χ0v) is 14.2. The van der Waals surface area contributed by atoms with Gasteiger partial charge in [0.05, 0.1) is 11.7 Å². The highest BCUT2D eigenvalue weighted by atomic mass is 16.5. The molecule has 1 aromatic rings. The fourth-order valence-corrected chi connectivity index (χ4v) is 3.08. The molecule has 22 heavy (non-hydrogen) atoms. The Kier molecular flexibility index (Phi) is 4.94. The second kappa shape index (κ2) is 6.55. The van der Waals surface area contributed by atoms with Crippen molar-refractivity contribution in [1.29, 1.82) is 0 Å². The number of nitrogens with zero attached hydrogens (tertiary/aromatic N) is 1. The van der Waals surface area contributed by atoms with E-state index in [1.165, 1.54) is 6.42 Å². The summed E-state index contributed by atoms with van der Waals surface area (Å²) in [6, 6.07) is 0. The van der Waals surface area contributed by atoms with Gasteiger partial charge in [0.15, 0.2) is 0 Å². The fourth-order valence-electron chi connectivity index (χ4n) is 3.08. The molecule has 0 aliphatic carbocycles. The number of esters is 1. The molecule has 2 heterocycles. The number of hydrogen-bond acceptors (Lipinski definition) is 3. The summed E-state index contributed by atoms with van der Waals surface area (Å²) in [5, 5.41) is 0. The molecule has 2 rings (SSSR count). The van der Waals surface area contributed by atoms with Gasteiger partial charge in [-0.3, -0.25) is 4.79 Å². The van der Waals surface area contributed by atoms with E-state index in [1.807, 2.05) is 18.7 Å². The third-order valence-electron chi connectivity index (χ3n) is 4.14. The van der Waals surface area contributed by atoms with Gasteiger partial charge in [-0.05, 0) is 52.0 Å². The molecule has 0 bridgehead atoms. The first-order chi connectivity index (χ1) is 10.3. The van der Waals surface area contributed by atoms with Crippen LogP contribution >= 0.6 is 0 Å². The van der Waals surface area contributed by atoms with Crippen molar-refractivity contribution < 1.29 is 14.3 Å². The molecule has 5 nitrogen and oxygen atoms in total. The Morgan fingerprint density at radius 3 is 2.59 bits per heavy atom. The topological polar surface area (TPSA) is 62.4 Å². The molecule has 1 aliphatic heterocycles. The highest BCUT2D eigenvalue weighted by Crippen LogP contribution is 2.23. The smallest absolute Gasteiger partial charge is 0.340 e. The number of aromatic nitrogens is 1. The number of rotatable bonds is 3. The zero-order valence-electron chi connectivity index (χ0n) is 14.2. The highest BCUT2D eigenvalue weighted by molar-refractivity contribution is 6.00. The van der Waals surface area contributed by atoms with E-state index < -0.39 is 0 Å². The van der Waals surface area contributed by atoms with E-state index in [-0.39, 0.29) is 18.0 Å². The minimum Gasteiger partial charge on any atom is -0.459 e. The first kappa shape index (κ1) is 16.6. The first-order valence-corrected chi connectivity index (χ1v) is 8.00. The van der Waals surface area contributed by atoms with Gasteiger partial charge >= 0.3 is 5.97 Å². The van der Waals surface area contributed by atoms with Gasteiger partial charge in [-0.2, -0.15) is 0 Å². The van der Waals surface area contributed by atoms with Crippen LogP contribution in [0.4, 0.5) is 0 Å². The van der Waals surface area contributed by atoms with Gasteiger partial charge < -0.3 is 14.6 Å². The van der Waals surface area contributed by atoms with Crippen molar-refractivity contribution in [2.45, 2.75) is 53.6 Å². The van der Waals surface area contributed by atoms with Gasteiger partial charge in [0, 0.05) is 18.8 Å². The van der Waals surface area contributed by atoms with E-state index in [0.717, 1.165) is 19.5 Å². The van der Waals surface area contributed by atoms with Crippen LogP contribution in [0.25, 0.3) is 0 Å². The van der Waals surface area contributed by atoms with Crippen LogP contribution in [-0.4, -0.2) is 41.0 Å². The Morgan fingerprint density at radius 1 is 1.32 bits per heavy atom. The third-order valence-corrected chi connectivity index (χ3v) is 4.14. The molecule has 122 valence electrons. The molecule has 1 N–H and O–H groups in total. The number of H-pyrrole nitrogens is 1. The summed E-state index contributed by atoms with van der Waals surface area (Å²) < 4.78 is 5.27. The summed E-state index contributed by atoms with van der Waals surface area (Å²) >= 11 is 0. The van der Waals surface area contributed by atoms with Crippen LogP contribution in [0.3, 0.4) is 0 Å². The fraction of sp³-hybridized carbons (Fsp3) is 0.647. The maximum Gasteiger partial charge on any atom is 0.340 e. The lowest BCUT2D eigenvalue weighted by Crippen LogP contribution is -2.39. The van der Waals surface area contributed by atoms with Crippen molar-refractivity contribution in [1.82, 2.24) is 9.88 Å². The molecule has 0 aromatic carbocycles. The van der Waals surface area contributed by atoms with Crippen molar-refractivity contribution in [3.8, 4) is 0 Å².